The molecule has 2 aromatic carbocycles. The van der Waals surface area contributed by atoms with Crippen LogP contribution in [0.5, 0.6) is 23.0 Å². The van der Waals surface area contributed by atoms with Crippen molar-refractivity contribution < 1.29 is 28.5 Å². The van der Waals surface area contributed by atoms with E-state index in [-0.39, 0.29) is 30.5 Å². The Bertz CT molecular complexity index is 1720. The van der Waals surface area contributed by atoms with Gasteiger partial charge >= 0.3 is 5.97 Å². The van der Waals surface area contributed by atoms with Crippen molar-refractivity contribution in [2.75, 3.05) is 27.4 Å². The molecule has 0 aliphatic carbocycles. The quantitative estimate of drug-likeness (QED) is 0.161. The standard InChI is InChI=1S/C31H33IN2O7S/c1-8-12-40-28-20(13-21(32)16-24(28)38-7)15-25-29(35)34-27(19-10-11-22(41-17(3)4)23(14-19)37-6)26(30(36)39-9-2)18(5)33-31(34)42-25/h8,10-11,13-17,27H,1,9,12H2,2-7H3/b25-15+/t27-/m0/s1. The Labute approximate surface area is 261 Å². The van der Waals surface area contributed by atoms with Crippen LogP contribution < -0.4 is 33.8 Å². The lowest BCUT2D eigenvalue weighted by molar-refractivity contribution is -0.139. The van der Waals surface area contributed by atoms with Crippen molar-refractivity contribution in [2.24, 2.45) is 4.99 Å². The van der Waals surface area contributed by atoms with Crippen LogP contribution in [0.4, 0.5) is 0 Å². The van der Waals surface area contributed by atoms with E-state index in [2.05, 4.69) is 34.2 Å². The predicted molar refractivity (Wildman–Crippen MR) is 171 cm³/mol. The third-order valence-electron chi connectivity index (χ3n) is 6.28. The zero-order valence-electron chi connectivity index (χ0n) is 24.4. The van der Waals surface area contributed by atoms with E-state index < -0.39 is 12.0 Å². The maximum atomic E-state index is 14.1. The number of allylic oxidation sites excluding steroid dienone is 1. The van der Waals surface area contributed by atoms with Gasteiger partial charge in [-0.1, -0.05) is 30.1 Å². The van der Waals surface area contributed by atoms with Gasteiger partial charge in [-0.15, -0.1) is 0 Å². The number of nitrogens with zero attached hydrogens (tertiary/aromatic N) is 2. The second kappa shape index (κ2) is 13.6. The molecule has 42 heavy (non-hydrogen) atoms. The number of ether oxygens (including phenoxy) is 5. The number of thiazole rings is 1. The Hall–Kier alpha value is -3.58. The van der Waals surface area contributed by atoms with Gasteiger partial charge < -0.3 is 23.7 Å². The van der Waals surface area contributed by atoms with Crippen LogP contribution in [0.25, 0.3) is 6.08 Å². The normalized spacial score (nSPS) is 14.8. The van der Waals surface area contributed by atoms with Crippen LogP contribution >= 0.6 is 33.9 Å². The summed E-state index contributed by atoms with van der Waals surface area (Å²) in [5, 5.41) is 0. The molecule has 11 heteroatoms. The minimum atomic E-state index is -0.800. The van der Waals surface area contributed by atoms with Crippen LogP contribution in [0.2, 0.25) is 0 Å². The first-order valence-electron chi connectivity index (χ1n) is 13.3. The van der Waals surface area contributed by atoms with E-state index in [0.29, 0.717) is 49.2 Å². The summed E-state index contributed by atoms with van der Waals surface area (Å²) in [6.07, 6.45) is 3.33. The molecular formula is C31H33IN2O7S. The van der Waals surface area contributed by atoms with Crippen molar-refractivity contribution in [3.05, 3.63) is 88.6 Å². The number of hydrogen-bond acceptors (Lipinski definition) is 9. The fraction of sp³-hybridized carbons (Fsp3) is 0.323. The highest BCUT2D eigenvalue weighted by Crippen LogP contribution is 2.37. The molecule has 0 fully saturated rings. The SMILES string of the molecule is C=CCOc1c(/C=c2/sc3n(c2=O)[C@@H](c2ccc(OC(C)C)c(OC)c2)C(C(=O)OCC)=C(C)N=3)cc(I)cc1OC. The summed E-state index contributed by atoms with van der Waals surface area (Å²) in [4.78, 5) is 32.5. The van der Waals surface area contributed by atoms with E-state index in [1.807, 2.05) is 32.0 Å². The number of benzene rings is 2. The van der Waals surface area contributed by atoms with Crippen LogP contribution in [-0.2, 0) is 9.53 Å². The van der Waals surface area contributed by atoms with Crippen molar-refractivity contribution in [3.63, 3.8) is 0 Å². The summed E-state index contributed by atoms with van der Waals surface area (Å²) in [5.41, 5.74) is 1.76. The number of fused-ring (bicyclic) bond motifs is 1. The highest BCUT2D eigenvalue weighted by atomic mass is 127. The van der Waals surface area contributed by atoms with Crippen molar-refractivity contribution in [2.45, 2.75) is 39.8 Å². The van der Waals surface area contributed by atoms with E-state index in [1.54, 1.807) is 52.4 Å². The highest BCUT2D eigenvalue weighted by molar-refractivity contribution is 14.1. The molecule has 0 N–H and O–H groups in total. The lowest BCUT2D eigenvalue weighted by Gasteiger charge is -2.25. The fourth-order valence-electron chi connectivity index (χ4n) is 4.60. The van der Waals surface area contributed by atoms with Gasteiger partial charge in [-0.05, 0) is 86.2 Å². The summed E-state index contributed by atoms with van der Waals surface area (Å²) < 4.78 is 31.3. The third-order valence-corrected chi connectivity index (χ3v) is 7.89. The Morgan fingerprint density at radius 3 is 2.55 bits per heavy atom. The topological polar surface area (TPSA) is 97.6 Å². The van der Waals surface area contributed by atoms with Crippen LogP contribution in [0.15, 0.2) is 64.0 Å². The van der Waals surface area contributed by atoms with Gasteiger partial charge in [0.05, 0.1) is 48.8 Å². The van der Waals surface area contributed by atoms with Gasteiger partial charge in [-0.25, -0.2) is 9.79 Å². The molecule has 2 heterocycles. The van der Waals surface area contributed by atoms with Crippen LogP contribution in [0.1, 0.15) is 44.9 Å². The van der Waals surface area contributed by atoms with E-state index in [1.165, 1.54) is 15.9 Å². The maximum Gasteiger partial charge on any atom is 0.338 e. The predicted octanol–water partition coefficient (Wildman–Crippen LogP) is 4.77. The minimum Gasteiger partial charge on any atom is -0.493 e. The van der Waals surface area contributed by atoms with Crippen molar-refractivity contribution in [1.82, 2.24) is 4.57 Å². The molecular weight excluding hydrogens is 671 g/mol. The van der Waals surface area contributed by atoms with Crippen LogP contribution in [-0.4, -0.2) is 44.1 Å². The number of halogens is 1. The smallest absolute Gasteiger partial charge is 0.338 e. The Morgan fingerprint density at radius 1 is 1.17 bits per heavy atom. The molecule has 0 saturated carbocycles. The van der Waals surface area contributed by atoms with Gasteiger partial charge in [0.1, 0.15) is 6.61 Å². The zero-order valence-corrected chi connectivity index (χ0v) is 27.3. The van der Waals surface area contributed by atoms with E-state index in [4.69, 9.17) is 23.7 Å². The monoisotopic (exact) mass is 704 g/mol. The summed E-state index contributed by atoms with van der Waals surface area (Å²) in [6.45, 7) is 11.5. The van der Waals surface area contributed by atoms with Gasteiger partial charge in [0.25, 0.3) is 5.56 Å². The lowest BCUT2D eigenvalue weighted by Crippen LogP contribution is -2.40. The molecule has 0 spiro atoms. The van der Waals surface area contributed by atoms with Crippen LogP contribution in [0, 0.1) is 3.57 Å². The highest BCUT2D eigenvalue weighted by Gasteiger charge is 2.34. The second-order valence-corrected chi connectivity index (χ2v) is 11.8. The van der Waals surface area contributed by atoms with Gasteiger partial charge in [-0.3, -0.25) is 9.36 Å². The van der Waals surface area contributed by atoms with E-state index in [9.17, 15) is 9.59 Å². The largest absolute Gasteiger partial charge is 0.493 e. The number of methoxy groups -OCH3 is 2. The Balaban J connectivity index is 1.97. The Kier molecular flexibility index (Phi) is 10.2. The van der Waals surface area contributed by atoms with Gasteiger partial charge in [-0.2, -0.15) is 0 Å². The number of carbonyl (C=O) groups is 1. The summed E-state index contributed by atoms with van der Waals surface area (Å²) in [6, 6.07) is 8.35. The average Bonchev–Trinajstić information content (AvgIpc) is 3.25. The minimum absolute atomic E-state index is 0.0697. The zero-order chi connectivity index (χ0) is 30.6. The van der Waals surface area contributed by atoms with Crippen molar-refractivity contribution >= 4 is 46.0 Å². The molecule has 0 unspecified atom stereocenters. The number of aromatic nitrogens is 1. The molecule has 0 saturated heterocycles. The molecule has 0 amide bonds. The second-order valence-electron chi connectivity index (χ2n) is 9.51. The molecule has 9 nitrogen and oxygen atoms in total. The number of hydrogen-bond donors (Lipinski definition) is 0. The molecule has 1 aromatic heterocycles. The summed E-state index contributed by atoms with van der Waals surface area (Å²) in [5.74, 6) is 1.53. The molecule has 222 valence electrons. The number of rotatable bonds is 11. The first kappa shape index (κ1) is 31.4. The van der Waals surface area contributed by atoms with E-state index in [0.717, 1.165) is 3.57 Å². The Morgan fingerprint density at radius 2 is 1.90 bits per heavy atom. The molecule has 1 aliphatic heterocycles. The molecule has 1 aliphatic rings. The molecule has 3 aromatic rings. The van der Waals surface area contributed by atoms with Gasteiger partial charge in [0.2, 0.25) is 0 Å². The fourth-order valence-corrected chi connectivity index (χ4v) is 6.25. The number of carbonyl (C=O) groups excluding carboxylic acids is 1. The first-order valence-corrected chi connectivity index (χ1v) is 15.2. The van der Waals surface area contributed by atoms with Crippen molar-refractivity contribution in [1.29, 1.82) is 0 Å². The van der Waals surface area contributed by atoms with Crippen molar-refractivity contribution in [3.8, 4) is 23.0 Å². The molecule has 4 rings (SSSR count). The first-order chi connectivity index (χ1) is 20.1. The molecule has 0 radical (unpaired) electrons. The van der Waals surface area contributed by atoms with E-state index >= 15 is 0 Å². The van der Waals surface area contributed by atoms with Crippen LogP contribution in [0.3, 0.4) is 0 Å². The van der Waals surface area contributed by atoms with Gasteiger partial charge in [0, 0.05) is 9.13 Å². The maximum absolute atomic E-state index is 14.1. The summed E-state index contributed by atoms with van der Waals surface area (Å²) >= 11 is 3.42. The molecule has 0 bridgehead atoms. The number of esters is 1. The summed E-state index contributed by atoms with van der Waals surface area (Å²) in [7, 11) is 3.11. The average molecular weight is 705 g/mol. The third kappa shape index (κ3) is 6.41. The molecule has 1 atom stereocenters. The van der Waals surface area contributed by atoms with Gasteiger partial charge in [0.15, 0.2) is 27.8 Å². The lowest BCUT2D eigenvalue weighted by atomic mass is 9.95.